The molecule has 0 radical (unpaired) electrons. The number of aryl methyl sites for hydroxylation is 1. The van der Waals surface area contributed by atoms with Crippen LogP contribution < -0.4 is 10.6 Å². The average Bonchev–Trinajstić information content (AvgIpc) is 2.30. The van der Waals surface area contributed by atoms with Crippen LogP contribution in [-0.2, 0) is 6.54 Å². The minimum absolute atomic E-state index is 0.939. The van der Waals surface area contributed by atoms with E-state index < -0.39 is 0 Å². The van der Waals surface area contributed by atoms with Gasteiger partial charge in [-0.25, -0.2) is 0 Å². The van der Waals surface area contributed by atoms with E-state index in [1.165, 1.54) is 28.4 Å². The van der Waals surface area contributed by atoms with Crippen LogP contribution in [0.15, 0.2) is 22.7 Å². The van der Waals surface area contributed by atoms with Gasteiger partial charge in [-0.05, 0) is 56.6 Å². The third-order valence-electron chi connectivity index (χ3n) is 2.66. The quantitative estimate of drug-likeness (QED) is 0.720. The minimum atomic E-state index is 0.939. The van der Waals surface area contributed by atoms with Crippen LogP contribution in [0.4, 0.5) is 0 Å². The highest BCUT2D eigenvalue weighted by Crippen LogP contribution is 2.17. The molecule has 1 aromatic carbocycles. The van der Waals surface area contributed by atoms with E-state index in [0.29, 0.717) is 0 Å². The standard InChI is InChI=1S/C14H23BrN2/c1-3-7-16-8-4-9-17-11-13-6-5-12(2)10-14(13)15/h5-6,10,16-17H,3-4,7-9,11H2,1-2H3. The molecule has 96 valence electrons. The van der Waals surface area contributed by atoms with E-state index in [0.717, 1.165) is 26.2 Å². The van der Waals surface area contributed by atoms with Gasteiger partial charge < -0.3 is 10.6 Å². The van der Waals surface area contributed by atoms with Crippen LogP contribution in [0.25, 0.3) is 0 Å². The molecule has 0 saturated heterocycles. The lowest BCUT2D eigenvalue weighted by atomic mass is 10.1. The third-order valence-corrected chi connectivity index (χ3v) is 3.40. The van der Waals surface area contributed by atoms with Crippen LogP contribution >= 0.6 is 15.9 Å². The van der Waals surface area contributed by atoms with Crippen molar-refractivity contribution in [3.63, 3.8) is 0 Å². The van der Waals surface area contributed by atoms with Crippen molar-refractivity contribution in [1.82, 2.24) is 10.6 Å². The number of nitrogens with one attached hydrogen (secondary N) is 2. The molecule has 1 aromatic rings. The van der Waals surface area contributed by atoms with Gasteiger partial charge in [-0.1, -0.05) is 35.0 Å². The van der Waals surface area contributed by atoms with Crippen molar-refractivity contribution in [3.05, 3.63) is 33.8 Å². The molecule has 0 aromatic heterocycles. The van der Waals surface area contributed by atoms with Crippen molar-refractivity contribution < 1.29 is 0 Å². The molecule has 0 aliphatic heterocycles. The van der Waals surface area contributed by atoms with E-state index in [1.54, 1.807) is 0 Å². The topological polar surface area (TPSA) is 24.1 Å². The Morgan fingerprint density at radius 1 is 1.12 bits per heavy atom. The molecule has 0 aliphatic carbocycles. The van der Waals surface area contributed by atoms with Crippen LogP contribution in [0, 0.1) is 6.92 Å². The lowest BCUT2D eigenvalue weighted by Gasteiger charge is -2.08. The fraction of sp³-hybridized carbons (Fsp3) is 0.571. The maximum Gasteiger partial charge on any atom is 0.0222 e. The monoisotopic (exact) mass is 298 g/mol. The van der Waals surface area contributed by atoms with Gasteiger partial charge in [0.25, 0.3) is 0 Å². The van der Waals surface area contributed by atoms with Crippen molar-refractivity contribution >= 4 is 15.9 Å². The van der Waals surface area contributed by atoms with E-state index in [-0.39, 0.29) is 0 Å². The molecule has 0 heterocycles. The number of benzene rings is 1. The number of hydrogen-bond donors (Lipinski definition) is 2. The van der Waals surface area contributed by atoms with Crippen LogP contribution in [0.5, 0.6) is 0 Å². The van der Waals surface area contributed by atoms with Gasteiger partial charge in [-0.2, -0.15) is 0 Å². The Balaban J connectivity index is 2.14. The Kier molecular flexibility index (Phi) is 7.49. The van der Waals surface area contributed by atoms with Crippen molar-refractivity contribution in [2.75, 3.05) is 19.6 Å². The first kappa shape index (κ1) is 14.7. The Bertz CT molecular complexity index is 326. The molecule has 0 unspecified atom stereocenters. The first-order chi connectivity index (χ1) is 8.24. The summed E-state index contributed by atoms with van der Waals surface area (Å²) < 4.78 is 1.20. The molecule has 0 spiro atoms. The summed E-state index contributed by atoms with van der Waals surface area (Å²) >= 11 is 3.60. The lowest BCUT2D eigenvalue weighted by molar-refractivity contribution is 0.592. The summed E-state index contributed by atoms with van der Waals surface area (Å²) in [5.41, 5.74) is 2.63. The second-order valence-electron chi connectivity index (χ2n) is 4.38. The molecule has 2 nitrogen and oxygen atoms in total. The molecule has 0 fully saturated rings. The van der Waals surface area contributed by atoms with E-state index >= 15 is 0 Å². The molecule has 0 aliphatic rings. The van der Waals surface area contributed by atoms with Gasteiger partial charge in [0.2, 0.25) is 0 Å². The highest BCUT2D eigenvalue weighted by Gasteiger charge is 1.99. The molecule has 17 heavy (non-hydrogen) atoms. The van der Waals surface area contributed by atoms with Gasteiger partial charge in [0, 0.05) is 11.0 Å². The second kappa shape index (κ2) is 8.67. The summed E-state index contributed by atoms with van der Waals surface area (Å²) in [5, 5.41) is 6.87. The van der Waals surface area contributed by atoms with Gasteiger partial charge >= 0.3 is 0 Å². The molecule has 0 saturated carbocycles. The van der Waals surface area contributed by atoms with E-state index in [1.807, 2.05) is 0 Å². The molecule has 2 N–H and O–H groups in total. The highest BCUT2D eigenvalue weighted by molar-refractivity contribution is 9.10. The highest BCUT2D eigenvalue weighted by atomic mass is 79.9. The Hall–Kier alpha value is -0.380. The summed E-state index contributed by atoms with van der Waals surface area (Å²) in [5.74, 6) is 0. The molecule has 1 rings (SSSR count). The number of hydrogen-bond acceptors (Lipinski definition) is 2. The minimum Gasteiger partial charge on any atom is -0.317 e. The Morgan fingerprint density at radius 3 is 2.59 bits per heavy atom. The largest absolute Gasteiger partial charge is 0.317 e. The second-order valence-corrected chi connectivity index (χ2v) is 5.23. The Morgan fingerprint density at radius 2 is 1.88 bits per heavy atom. The van der Waals surface area contributed by atoms with Crippen molar-refractivity contribution in [3.8, 4) is 0 Å². The molecule has 3 heteroatoms. The van der Waals surface area contributed by atoms with Crippen LogP contribution in [0.3, 0.4) is 0 Å². The maximum absolute atomic E-state index is 3.60. The summed E-state index contributed by atoms with van der Waals surface area (Å²) in [6.07, 6.45) is 2.40. The third kappa shape index (κ3) is 6.20. The number of halogens is 1. The predicted molar refractivity (Wildman–Crippen MR) is 78.4 cm³/mol. The first-order valence-electron chi connectivity index (χ1n) is 6.40. The van der Waals surface area contributed by atoms with Gasteiger partial charge in [0.1, 0.15) is 0 Å². The SMILES string of the molecule is CCCNCCCNCc1ccc(C)cc1Br. The van der Waals surface area contributed by atoms with Crippen LogP contribution in [0.2, 0.25) is 0 Å². The van der Waals surface area contributed by atoms with Crippen molar-refractivity contribution in [2.45, 2.75) is 33.2 Å². The zero-order valence-corrected chi connectivity index (χ0v) is 12.4. The van der Waals surface area contributed by atoms with Gasteiger partial charge in [-0.15, -0.1) is 0 Å². The molecule has 0 bridgehead atoms. The summed E-state index contributed by atoms with van der Waals surface area (Å²) in [7, 11) is 0. The lowest BCUT2D eigenvalue weighted by Crippen LogP contribution is -2.22. The summed E-state index contributed by atoms with van der Waals surface area (Å²) in [6.45, 7) is 8.55. The van der Waals surface area contributed by atoms with E-state index in [4.69, 9.17) is 0 Å². The zero-order valence-electron chi connectivity index (χ0n) is 10.9. The average molecular weight is 299 g/mol. The zero-order chi connectivity index (χ0) is 12.5. The number of rotatable bonds is 8. The Labute approximate surface area is 113 Å². The summed E-state index contributed by atoms with van der Waals surface area (Å²) in [6, 6.07) is 6.51. The molecule has 0 atom stereocenters. The van der Waals surface area contributed by atoms with Crippen LogP contribution in [0.1, 0.15) is 30.9 Å². The van der Waals surface area contributed by atoms with Crippen LogP contribution in [-0.4, -0.2) is 19.6 Å². The first-order valence-corrected chi connectivity index (χ1v) is 7.19. The predicted octanol–water partition coefficient (Wildman–Crippen LogP) is 3.24. The van der Waals surface area contributed by atoms with E-state index in [9.17, 15) is 0 Å². The normalized spacial score (nSPS) is 10.8. The van der Waals surface area contributed by atoms with E-state index in [2.05, 4.69) is 58.6 Å². The molecular weight excluding hydrogens is 276 g/mol. The fourth-order valence-corrected chi connectivity index (χ4v) is 2.29. The van der Waals surface area contributed by atoms with Gasteiger partial charge in [0.15, 0.2) is 0 Å². The summed E-state index contributed by atoms with van der Waals surface area (Å²) in [4.78, 5) is 0. The fourth-order valence-electron chi connectivity index (χ4n) is 1.66. The van der Waals surface area contributed by atoms with Gasteiger partial charge in [0.05, 0.1) is 0 Å². The molecule has 0 amide bonds. The smallest absolute Gasteiger partial charge is 0.0222 e. The molecular formula is C14H23BrN2. The van der Waals surface area contributed by atoms with Crippen molar-refractivity contribution in [2.24, 2.45) is 0 Å². The maximum atomic E-state index is 3.60. The van der Waals surface area contributed by atoms with Crippen molar-refractivity contribution in [1.29, 1.82) is 0 Å². The van der Waals surface area contributed by atoms with Gasteiger partial charge in [-0.3, -0.25) is 0 Å².